The second kappa shape index (κ2) is 6.75. The van der Waals surface area contributed by atoms with Gasteiger partial charge in [0.2, 0.25) is 0 Å². The monoisotopic (exact) mass is 448 g/mol. The SMILES string of the molecule is O=C(/C=C/c1coc2ccc(Br)cc2c1=O)c1cc(Br)ccc1O. The lowest BCUT2D eigenvalue weighted by Gasteiger charge is -2.01. The summed E-state index contributed by atoms with van der Waals surface area (Å²) in [5.74, 6) is -0.537. The van der Waals surface area contributed by atoms with E-state index in [1.807, 2.05) is 0 Å². The fraction of sp³-hybridized carbons (Fsp3) is 0. The largest absolute Gasteiger partial charge is 0.507 e. The molecular formula is C18H10Br2O4. The van der Waals surface area contributed by atoms with Crippen LogP contribution in [-0.4, -0.2) is 10.9 Å². The number of carbonyl (C=O) groups excluding carboxylic acids is 1. The van der Waals surface area contributed by atoms with Crippen molar-refractivity contribution in [1.29, 1.82) is 0 Å². The van der Waals surface area contributed by atoms with Gasteiger partial charge in [0, 0.05) is 8.95 Å². The van der Waals surface area contributed by atoms with E-state index in [4.69, 9.17) is 4.42 Å². The summed E-state index contributed by atoms with van der Waals surface area (Å²) in [6, 6.07) is 9.71. The normalized spacial score (nSPS) is 11.2. The highest BCUT2D eigenvalue weighted by Gasteiger charge is 2.10. The van der Waals surface area contributed by atoms with Gasteiger partial charge in [0.1, 0.15) is 17.6 Å². The Hall–Kier alpha value is -2.18. The fourth-order valence-electron chi connectivity index (χ4n) is 2.19. The summed E-state index contributed by atoms with van der Waals surface area (Å²) in [5.41, 5.74) is 0.633. The van der Waals surface area contributed by atoms with Gasteiger partial charge >= 0.3 is 0 Å². The van der Waals surface area contributed by atoms with Gasteiger partial charge in [0.25, 0.3) is 0 Å². The Morgan fingerprint density at radius 1 is 1.08 bits per heavy atom. The number of aromatic hydroxyl groups is 1. The number of benzene rings is 2. The smallest absolute Gasteiger partial charge is 0.199 e. The molecule has 1 N–H and O–H groups in total. The van der Waals surface area contributed by atoms with Gasteiger partial charge in [-0.1, -0.05) is 31.9 Å². The molecule has 3 aromatic rings. The molecule has 1 heterocycles. The van der Waals surface area contributed by atoms with Crippen molar-refractivity contribution in [3.8, 4) is 5.75 Å². The first-order chi connectivity index (χ1) is 11.5. The van der Waals surface area contributed by atoms with Crippen LogP contribution in [0.5, 0.6) is 5.75 Å². The van der Waals surface area contributed by atoms with Crippen molar-refractivity contribution in [3.63, 3.8) is 0 Å². The van der Waals surface area contributed by atoms with Crippen LogP contribution in [0.2, 0.25) is 0 Å². The second-order valence-corrected chi connectivity index (χ2v) is 6.85. The van der Waals surface area contributed by atoms with Crippen LogP contribution in [0.1, 0.15) is 15.9 Å². The zero-order valence-electron chi connectivity index (χ0n) is 12.1. The van der Waals surface area contributed by atoms with Gasteiger partial charge in [-0.05, 0) is 48.6 Å². The Morgan fingerprint density at radius 2 is 1.79 bits per heavy atom. The van der Waals surface area contributed by atoms with E-state index in [0.29, 0.717) is 15.4 Å². The van der Waals surface area contributed by atoms with Crippen molar-refractivity contribution in [2.45, 2.75) is 0 Å². The lowest BCUT2D eigenvalue weighted by molar-refractivity contribution is 0.104. The van der Waals surface area contributed by atoms with Crippen LogP contribution >= 0.6 is 31.9 Å². The quantitative estimate of drug-likeness (QED) is 0.455. The Labute approximate surface area is 153 Å². The Morgan fingerprint density at radius 3 is 2.58 bits per heavy atom. The number of carbonyl (C=O) groups is 1. The van der Waals surface area contributed by atoms with Crippen molar-refractivity contribution in [3.05, 3.63) is 79.0 Å². The number of phenols is 1. The molecule has 1 aromatic heterocycles. The summed E-state index contributed by atoms with van der Waals surface area (Å²) in [4.78, 5) is 24.7. The molecule has 0 saturated heterocycles. The van der Waals surface area contributed by atoms with E-state index in [2.05, 4.69) is 31.9 Å². The zero-order chi connectivity index (χ0) is 17.3. The number of ketones is 1. The van der Waals surface area contributed by atoms with E-state index in [9.17, 15) is 14.7 Å². The van der Waals surface area contributed by atoms with Crippen molar-refractivity contribution in [2.75, 3.05) is 0 Å². The Kier molecular flexibility index (Phi) is 4.69. The maximum atomic E-state index is 12.5. The third kappa shape index (κ3) is 3.34. The molecule has 0 aliphatic rings. The van der Waals surface area contributed by atoms with Crippen molar-refractivity contribution >= 4 is 54.7 Å². The molecule has 6 heteroatoms. The topological polar surface area (TPSA) is 67.5 Å². The van der Waals surface area contributed by atoms with Gasteiger partial charge < -0.3 is 9.52 Å². The van der Waals surface area contributed by atoms with Crippen LogP contribution in [0.15, 0.2) is 66.9 Å². The first kappa shape index (κ1) is 16.7. The second-order valence-electron chi connectivity index (χ2n) is 5.02. The summed E-state index contributed by atoms with van der Waals surface area (Å²) >= 11 is 6.56. The minimum Gasteiger partial charge on any atom is -0.507 e. The predicted molar refractivity (Wildman–Crippen MR) is 99.4 cm³/mol. The molecule has 0 saturated carbocycles. The Balaban J connectivity index is 1.99. The summed E-state index contributed by atoms with van der Waals surface area (Å²) in [6.07, 6.45) is 3.93. The number of fused-ring (bicyclic) bond motifs is 1. The number of hydrogen-bond acceptors (Lipinski definition) is 4. The standard InChI is InChI=1S/C18H10Br2O4/c19-11-2-5-16(22)13(7-11)15(21)4-1-10-9-24-17-6-3-12(20)8-14(17)18(10)23/h1-9,22H/b4-1+. The summed E-state index contributed by atoms with van der Waals surface area (Å²) in [6.45, 7) is 0. The van der Waals surface area contributed by atoms with E-state index in [1.54, 1.807) is 24.3 Å². The van der Waals surface area contributed by atoms with E-state index < -0.39 is 5.78 Å². The van der Waals surface area contributed by atoms with Crippen molar-refractivity contribution in [1.82, 2.24) is 0 Å². The molecule has 24 heavy (non-hydrogen) atoms. The average molecular weight is 450 g/mol. The highest BCUT2D eigenvalue weighted by Crippen LogP contribution is 2.23. The molecule has 120 valence electrons. The molecule has 0 radical (unpaired) electrons. The number of hydrogen-bond donors (Lipinski definition) is 1. The molecule has 3 rings (SSSR count). The highest BCUT2D eigenvalue weighted by molar-refractivity contribution is 9.10. The molecule has 0 fully saturated rings. The van der Waals surface area contributed by atoms with Gasteiger partial charge in [-0.15, -0.1) is 0 Å². The van der Waals surface area contributed by atoms with Crippen LogP contribution in [0.3, 0.4) is 0 Å². The third-order valence-corrected chi connectivity index (χ3v) is 4.39. The predicted octanol–water partition coefficient (Wildman–Crippen LogP) is 4.92. The van der Waals surface area contributed by atoms with Crippen molar-refractivity contribution < 1.29 is 14.3 Å². The molecule has 0 unspecified atom stereocenters. The number of phenolic OH excluding ortho intramolecular Hbond substituents is 1. The minimum atomic E-state index is -0.414. The molecule has 0 bridgehead atoms. The van der Waals surface area contributed by atoms with E-state index in [-0.39, 0.29) is 22.3 Å². The van der Waals surface area contributed by atoms with Gasteiger partial charge in [0.15, 0.2) is 11.2 Å². The molecule has 0 aliphatic heterocycles. The Bertz CT molecular complexity index is 1030. The van der Waals surface area contributed by atoms with Crippen LogP contribution < -0.4 is 5.43 Å². The van der Waals surface area contributed by atoms with Gasteiger partial charge in [-0.3, -0.25) is 9.59 Å². The highest BCUT2D eigenvalue weighted by atomic mass is 79.9. The average Bonchev–Trinajstić information content (AvgIpc) is 2.56. The lowest BCUT2D eigenvalue weighted by atomic mass is 10.1. The van der Waals surface area contributed by atoms with Gasteiger partial charge in [-0.2, -0.15) is 0 Å². The zero-order valence-corrected chi connectivity index (χ0v) is 15.3. The van der Waals surface area contributed by atoms with Crippen LogP contribution in [0.4, 0.5) is 0 Å². The third-order valence-electron chi connectivity index (χ3n) is 3.40. The summed E-state index contributed by atoms with van der Waals surface area (Å²) in [7, 11) is 0. The molecule has 0 amide bonds. The minimum absolute atomic E-state index is 0.123. The van der Waals surface area contributed by atoms with E-state index in [0.717, 1.165) is 4.47 Å². The van der Waals surface area contributed by atoms with Gasteiger partial charge in [0.05, 0.1) is 16.5 Å². The van der Waals surface area contributed by atoms with Crippen molar-refractivity contribution in [2.24, 2.45) is 0 Å². The van der Waals surface area contributed by atoms with Crippen LogP contribution in [-0.2, 0) is 0 Å². The van der Waals surface area contributed by atoms with Crippen LogP contribution in [0, 0.1) is 0 Å². The lowest BCUT2D eigenvalue weighted by Crippen LogP contribution is -2.05. The number of allylic oxidation sites excluding steroid dienone is 1. The first-order valence-electron chi connectivity index (χ1n) is 6.88. The maximum absolute atomic E-state index is 12.5. The molecule has 0 spiro atoms. The summed E-state index contributed by atoms with van der Waals surface area (Å²) < 4.78 is 6.86. The molecule has 4 nitrogen and oxygen atoms in total. The fourth-order valence-corrected chi connectivity index (χ4v) is 2.92. The molecular weight excluding hydrogens is 440 g/mol. The molecule has 2 aromatic carbocycles. The maximum Gasteiger partial charge on any atom is 0.199 e. The van der Waals surface area contributed by atoms with Crippen LogP contribution in [0.25, 0.3) is 17.0 Å². The number of halogens is 2. The number of rotatable bonds is 3. The van der Waals surface area contributed by atoms with E-state index >= 15 is 0 Å². The van der Waals surface area contributed by atoms with E-state index in [1.165, 1.54) is 30.5 Å². The molecule has 0 atom stereocenters. The van der Waals surface area contributed by atoms with Gasteiger partial charge in [-0.25, -0.2) is 0 Å². The first-order valence-corrected chi connectivity index (χ1v) is 8.46. The summed E-state index contributed by atoms with van der Waals surface area (Å²) in [5, 5.41) is 10.2. The molecule has 0 aliphatic carbocycles.